The van der Waals surface area contributed by atoms with Gasteiger partial charge >= 0.3 is 0 Å². The molecule has 1 fully saturated rings. The minimum absolute atomic E-state index is 0.0205. The van der Waals surface area contributed by atoms with Crippen LogP contribution in [0, 0.1) is 5.92 Å². The molecule has 3 aromatic rings. The molecule has 1 amide bonds. The van der Waals surface area contributed by atoms with Crippen LogP contribution < -0.4 is 10.2 Å². The Kier molecular flexibility index (Phi) is 5.50. The molecule has 1 atom stereocenters. The molecule has 1 unspecified atom stereocenters. The normalized spacial score (nSPS) is 16.6. The van der Waals surface area contributed by atoms with Gasteiger partial charge in [0.25, 0.3) is 0 Å². The summed E-state index contributed by atoms with van der Waals surface area (Å²) in [7, 11) is 0. The molecule has 1 aromatic carbocycles. The molecule has 1 aliphatic rings. The summed E-state index contributed by atoms with van der Waals surface area (Å²) < 4.78 is 1.73. The predicted molar refractivity (Wildman–Crippen MR) is 115 cm³/mol. The highest BCUT2D eigenvalue weighted by Gasteiger charge is 2.29. The van der Waals surface area contributed by atoms with Crippen LogP contribution in [0.2, 0.25) is 0 Å². The smallest absolute Gasteiger partial charge is 0.229 e. The summed E-state index contributed by atoms with van der Waals surface area (Å²) in [5.41, 5.74) is 1.92. The molecule has 1 saturated heterocycles. The van der Waals surface area contributed by atoms with Crippen molar-refractivity contribution in [3.05, 3.63) is 55.0 Å². The summed E-state index contributed by atoms with van der Waals surface area (Å²) >= 11 is 0. The first-order chi connectivity index (χ1) is 14.4. The number of rotatable bonds is 6. The van der Waals surface area contributed by atoms with Crippen molar-refractivity contribution < 1.29 is 9.90 Å². The van der Waals surface area contributed by atoms with Gasteiger partial charge in [0.2, 0.25) is 5.91 Å². The third kappa shape index (κ3) is 4.83. The number of nitrogens with one attached hydrogen (secondary N) is 1. The van der Waals surface area contributed by atoms with Crippen molar-refractivity contribution in [3.63, 3.8) is 0 Å². The molecule has 0 bridgehead atoms. The maximum Gasteiger partial charge on any atom is 0.229 e. The van der Waals surface area contributed by atoms with Crippen LogP contribution in [0.5, 0.6) is 0 Å². The average Bonchev–Trinajstić information content (AvgIpc) is 3.38. The highest BCUT2D eigenvalue weighted by molar-refractivity contribution is 5.93. The van der Waals surface area contributed by atoms with Gasteiger partial charge in [-0.05, 0) is 50.1 Å². The minimum Gasteiger partial charge on any atom is -0.389 e. The van der Waals surface area contributed by atoms with E-state index in [1.807, 2.05) is 42.6 Å². The Morgan fingerprint density at radius 2 is 2.03 bits per heavy atom. The number of amides is 1. The molecule has 0 saturated carbocycles. The van der Waals surface area contributed by atoms with E-state index in [1.165, 1.54) is 0 Å². The van der Waals surface area contributed by atoms with E-state index in [0.717, 1.165) is 35.6 Å². The largest absolute Gasteiger partial charge is 0.389 e. The Morgan fingerprint density at radius 1 is 1.23 bits per heavy atom. The molecule has 1 aliphatic heterocycles. The molecule has 0 spiro atoms. The van der Waals surface area contributed by atoms with Gasteiger partial charge in [0, 0.05) is 36.7 Å². The zero-order valence-corrected chi connectivity index (χ0v) is 17.2. The molecular weight excluding hydrogens is 380 g/mol. The van der Waals surface area contributed by atoms with E-state index in [2.05, 4.69) is 25.5 Å². The monoisotopic (exact) mass is 406 g/mol. The number of carbonyl (C=O) groups excluding carboxylic acids is 1. The first kappa shape index (κ1) is 20.0. The maximum atomic E-state index is 12.7. The number of aromatic nitrogens is 4. The Balaban J connectivity index is 1.35. The highest BCUT2D eigenvalue weighted by atomic mass is 16.3. The summed E-state index contributed by atoms with van der Waals surface area (Å²) in [5, 5.41) is 25.3. The standard InChI is InChI=1S/C22H26N6O2/c1-22(2,30)15-28-14-18(12-24-28)16-5-7-19(8-6-16)25-21(29)17-9-11-27(13-17)20-4-3-10-23-26-20/h3-8,10,12,14,17,30H,9,11,13,15H2,1-2H3,(H,25,29). The summed E-state index contributed by atoms with van der Waals surface area (Å²) in [6, 6.07) is 11.5. The second-order valence-electron chi connectivity index (χ2n) is 8.32. The van der Waals surface area contributed by atoms with Gasteiger partial charge in [-0.1, -0.05) is 12.1 Å². The van der Waals surface area contributed by atoms with Crippen molar-refractivity contribution in [1.29, 1.82) is 0 Å². The van der Waals surface area contributed by atoms with Crippen molar-refractivity contribution in [2.75, 3.05) is 23.3 Å². The Morgan fingerprint density at radius 3 is 2.73 bits per heavy atom. The lowest BCUT2D eigenvalue weighted by atomic mass is 10.1. The van der Waals surface area contributed by atoms with Crippen LogP contribution in [-0.2, 0) is 11.3 Å². The number of benzene rings is 1. The second-order valence-corrected chi connectivity index (χ2v) is 8.32. The van der Waals surface area contributed by atoms with E-state index in [9.17, 15) is 9.90 Å². The van der Waals surface area contributed by atoms with Gasteiger partial charge in [0.1, 0.15) is 0 Å². The fourth-order valence-electron chi connectivity index (χ4n) is 3.63. The Bertz CT molecular complexity index is 994. The number of carbonyl (C=O) groups is 1. The number of hydrogen-bond donors (Lipinski definition) is 2. The molecule has 3 heterocycles. The summed E-state index contributed by atoms with van der Waals surface area (Å²) in [6.45, 7) is 5.37. The fraction of sp³-hybridized carbons (Fsp3) is 0.364. The molecule has 8 heteroatoms. The molecule has 2 aromatic heterocycles. The summed E-state index contributed by atoms with van der Waals surface area (Å²) in [6.07, 6.45) is 6.12. The summed E-state index contributed by atoms with van der Waals surface area (Å²) in [5.74, 6) is 0.751. The molecule has 30 heavy (non-hydrogen) atoms. The first-order valence-electron chi connectivity index (χ1n) is 10.1. The predicted octanol–water partition coefficient (Wildman–Crippen LogP) is 2.58. The molecule has 4 rings (SSSR count). The van der Waals surface area contributed by atoms with Gasteiger partial charge in [0.15, 0.2) is 5.82 Å². The molecule has 156 valence electrons. The van der Waals surface area contributed by atoms with Crippen LogP contribution in [0.3, 0.4) is 0 Å². The quantitative estimate of drug-likeness (QED) is 0.653. The minimum atomic E-state index is -0.819. The lowest BCUT2D eigenvalue weighted by Crippen LogP contribution is -2.27. The van der Waals surface area contributed by atoms with E-state index < -0.39 is 5.60 Å². The van der Waals surface area contributed by atoms with Crippen LogP contribution in [0.4, 0.5) is 11.5 Å². The fourth-order valence-corrected chi connectivity index (χ4v) is 3.63. The van der Waals surface area contributed by atoms with Gasteiger partial charge in [-0.25, -0.2) is 0 Å². The van der Waals surface area contributed by atoms with E-state index in [4.69, 9.17) is 0 Å². The lowest BCUT2D eigenvalue weighted by Gasteiger charge is -2.16. The average molecular weight is 406 g/mol. The van der Waals surface area contributed by atoms with Gasteiger partial charge in [-0.15, -0.1) is 5.10 Å². The van der Waals surface area contributed by atoms with Crippen LogP contribution in [0.25, 0.3) is 11.1 Å². The van der Waals surface area contributed by atoms with Gasteiger partial charge in [0.05, 0.1) is 24.3 Å². The SMILES string of the molecule is CC(C)(O)Cn1cc(-c2ccc(NC(=O)C3CCN(c4cccnn4)C3)cc2)cn1. The van der Waals surface area contributed by atoms with Crippen molar-refractivity contribution in [2.45, 2.75) is 32.4 Å². The van der Waals surface area contributed by atoms with Gasteiger partial charge < -0.3 is 15.3 Å². The van der Waals surface area contributed by atoms with Crippen LogP contribution in [-0.4, -0.2) is 49.7 Å². The molecule has 2 N–H and O–H groups in total. The maximum absolute atomic E-state index is 12.7. The second kappa shape index (κ2) is 8.23. The molecular formula is C22H26N6O2. The van der Waals surface area contributed by atoms with Crippen LogP contribution >= 0.6 is 0 Å². The number of hydrogen-bond acceptors (Lipinski definition) is 6. The zero-order valence-electron chi connectivity index (χ0n) is 17.2. The van der Waals surface area contributed by atoms with E-state index in [0.29, 0.717) is 13.1 Å². The van der Waals surface area contributed by atoms with Gasteiger partial charge in [-0.3, -0.25) is 9.48 Å². The Labute approximate surface area is 175 Å². The lowest BCUT2D eigenvalue weighted by molar-refractivity contribution is -0.119. The van der Waals surface area contributed by atoms with Crippen molar-refractivity contribution in [1.82, 2.24) is 20.0 Å². The Hall–Kier alpha value is -3.26. The molecule has 0 radical (unpaired) electrons. The van der Waals surface area contributed by atoms with Crippen molar-refractivity contribution in [2.24, 2.45) is 5.92 Å². The number of anilines is 2. The highest BCUT2D eigenvalue weighted by Crippen LogP contribution is 2.24. The third-order valence-electron chi connectivity index (χ3n) is 5.11. The third-order valence-corrected chi connectivity index (χ3v) is 5.11. The van der Waals surface area contributed by atoms with Gasteiger partial charge in [-0.2, -0.15) is 10.2 Å². The van der Waals surface area contributed by atoms with Crippen molar-refractivity contribution in [3.8, 4) is 11.1 Å². The van der Waals surface area contributed by atoms with E-state index in [1.54, 1.807) is 30.9 Å². The van der Waals surface area contributed by atoms with Crippen LogP contribution in [0.15, 0.2) is 55.0 Å². The van der Waals surface area contributed by atoms with Crippen LogP contribution in [0.1, 0.15) is 20.3 Å². The van der Waals surface area contributed by atoms with Crippen molar-refractivity contribution >= 4 is 17.4 Å². The molecule has 0 aliphatic carbocycles. The number of nitrogens with zero attached hydrogens (tertiary/aromatic N) is 5. The van der Waals surface area contributed by atoms with E-state index in [-0.39, 0.29) is 11.8 Å². The topological polar surface area (TPSA) is 96.2 Å². The molecule has 8 nitrogen and oxygen atoms in total. The number of aliphatic hydroxyl groups is 1. The summed E-state index contributed by atoms with van der Waals surface area (Å²) in [4.78, 5) is 14.8. The first-order valence-corrected chi connectivity index (χ1v) is 10.1. The van der Waals surface area contributed by atoms with E-state index >= 15 is 0 Å². The zero-order chi connectivity index (χ0) is 21.1.